The maximum Gasteiger partial charge on any atom is 0.175 e. The van der Waals surface area contributed by atoms with Gasteiger partial charge in [-0.3, -0.25) is 9.89 Å². The van der Waals surface area contributed by atoms with Crippen LogP contribution in [0.1, 0.15) is 24.0 Å². The molecule has 0 amide bonds. The first-order valence-corrected chi connectivity index (χ1v) is 12.2. The average molecular weight is 409 g/mol. The minimum atomic E-state index is -3.16. The van der Waals surface area contributed by atoms with Crippen LogP contribution in [0, 0.1) is 5.92 Å². The van der Waals surface area contributed by atoms with Gasteiger partial charge in [-0.1, -0.05) is 42.5 Å². The number of piperidine rings is 1. The van der Waals surface area contributed by atoms with Gasteiger partial charge in [0.05, 0.1) is 11.4 Å². The molecular formula is C24H28N2O2S. The van der Waals surface area contributed by atoms with Gasteiger partial charge in [0.2, 0.25) is 0 Å². The molecule has 0 atom stereocenters. The van der Waals surface area contributed by atoms with E-state index in [-0.39, 0.29) is 0 Å². The summed E-state index contributed by atoms with van der Waals surface area (Å²) in [5, 5.41) is 0. The van der Waals surface area contributed by atoms with Crippen LogP contribution < -0.4 is 0 Å². The average Bonchev–Trinajstić information content (AvgIpc) is 3.17. The van der Waals surface area contributed by atoms with Crippen molar-refractivity contribution in [3.63, 3.8) is 0 Å². The molecule has 2 heterocycles. The number of likely N-dealkylation sites (tertiary alicyclic amines) is 1. The minimum Gasteiger partial charge on any atom is -0.299 e. The molecule has 2 aliphatic rings. The molecule has 2 aromatic rings. The molecule has 4 nitrogen and oxygen atoms in total. The van der Waals surface area contributed by atoms with Crippen LogP contribution in [0.15, 0.2) is 75.6 Å². The normalized spacial score (nSPS) is 18.5. The topological polar surface area (TPSA) is 49.7 Å². The van der Waals surface area contributed by atoms with Gasteiger partial charge in [-0.15, -0.1) is 0 Å². The number of benzene rings is 2. The van der Waals surface area contributed by atoms with E-state index in [0.29, 0.717) is 10.8 Å². The first-order chi connectivity index (χ1) is 14.0. The van der Waals surface area contributed by atoms with Crippen LogP contribution in [0.4, 0.5) is 0 Å². The number of aliphatic imine (C=N–C) groups is 1. The summed E-state index contributed by atoms with van der Waals surface area (Å²) in [6.45, 7) is 3.73. The van der Waals surface area contributed by atoms with Crippen molar-refractivity contribution in [3.8, 4) is 0 Å². The van der Waals surface area contributed by atoms with Gasteiger partial charge in [0, 0.05) is 19.0 Å². The van der Waals surface area contributed by atoms with Gasteiger partial charge in [0.25, 0.3) is 0 Å². The Hall–Kier alpha value is -2.24. The second-order valence-electron chi connectivity index (χ2n) is 8.15. The Balaban J connectivity index is 1.38. The number of nitrogens with zero attached hydrogens (tertiary/aromatic N) is 2. The highest BCUT2D eigenvalue weighted by Gasteiger charge is 2.25. The van der Waals surface area contributed by atoms with Crippen LogP contribution >= 0.6 is 0 Å². The summed E-state index contributed by atoms with van der Waals surface area (Å²) >= 11 is 0. The van der Waals surface area contributed by atoms with Gasteiger partial charge < -0.3 is 0 Å². The Bertz CT molecular complexity index is 1020. The summed E-state index contributed by atoms with van der Waals surface area (Å²) in [5.74, 6) is 0.606. The van der Waals surface area contributed by atoms with Crippen molar-refractivity contribution < 1.29 is 8.42 Å². The zero-order valence-electron chi connectivity index (χ0n) is 16.9. The molecule has 2 aromatic carbocycles. The van der Waals surface area contributed by atoms with Crippen LogP contribution in [-0.2, 0) is 22.8 Å². The van der Waals surface area contributed by atoms with Crippen molar-refractivity contribution >= 4 is 16.1 Å². The van der Waals surface area contributed by atoms with Gasteiger partial charge in [-0.25, -0.2) is 8.42 Å². The second kappa shape index (κ2) is 8.64. The van der Waals surface area contributed by atoms with E-state index in [0.717, 1.165) is 51.0 Å². The molecule has 1 fully saturated rings. The smallest absolute Gasteiger partial charge is 0.175 e. The van der Waals surface area contributed by atoms with E-state index in [4.69, 9.17) is 0 Å². The van der Waals surface area contributed by atoms with Gasteiger partial charge in [0.1, 0.15) is 0 Å². The summed E-state index contributed by atoms with van der Waals surface area (Å²) < 4.78 is 23.6. The van der Waals surface area contributed by atoms with Crippen LogP contribution in [0.25, 0.3) is 0 Å². The quantitative estimate of drug-likeness (QED) is 0.728. The molecule has 0 radical (unpaired) electrons. The first-order valence-electron chi connectivity index (χ1n) is 10.3. The molecule has 0 saturated carbocycles. The van der Waals surface area contributed by atoms with Gasteiger partial charge >= 0.3 is 0 Å². The largest absolute Gasteiger partial charge is 0.299 e. The van der Waals surface area contributed by atoms with Crippen LogP contribution in [0.5, 0.6) is 0 Å². The lowest BCUT2D eigenvalue weighted by Gasteiger charge is -2.33. The fourth-order valence-corrected chi connectivity index (χ4v) is 5.07. The molecule has 5 heteroatoms. The fraction of sp³-hybridized carbons (Fsp3) is 0.375. The molecule has 0 aromatic heterocycles. The molecule has 0 unspecified atom stereocenters. The predicted molar refractivity (Wildman–Crippen MR) is 118 cm³/mol. The van der Waals surface area contributed by atoms with E-state index in [1.165, 1.54) is 23.0 Å². The van der Waals surface area contributed by atoms with Crippen molar-refractivity contribution in [2.24, 2.45) is 10.9 Å². The molecular weight excluding hydrogens is 380 g/mol. The Kier molecular flexibility index (Phi) is 5.97. The number of hydrogen-bond acceptors (Lipinski definition) is 4. The Morgan fingerprint density at radius 2 is 1.72 bits per heavy atom. The minimum absolute atomic E-state index is 0.406. The van der Waals surface area contributed by atoms with E-state index in [9.17, 15) is 8.42 Å². The van der Waals surface area contributed by atoms with Crippen LogP contribution in [0.3, 0.4) is 0 Å². The Labute approximate surface area is 173 Å². The third-order valence-corrected chi connectivity index (χ3v) is 7.08. The SMILES string of the molecule is CS(=O)(=O)c1cccc(CN2CCC(C3=C(Cc4ccccc4)C=NC3)CC2)c1. The Morgan fingerprint density at radius 3 is 2.45 bits per heavy atom. The third kappa shape index (κ3) is 5.03. The highest BCUT2D eigenvalue weighted by atomic mass is 32.2. The molecule has 0 aliphatic carbocycles. The molecule has 0 bridgehead atoms. The summed E-state index contributed by atoms with van der Waals surface area (Å²) in [7, 11) is -3.16. The van der Waals surface area contributed by atoms with Crippen molar-refractivity contribution in [2.45, 2.75) is 30.7 Å². The zero-order valence-corrected chi connectivity index (χ0v) is 17.7. The van der Waals surface area contributed by atoms with Crippen LogP contribution in [0.2, 0.25) is 0 Å². The standard InChI is InChI=1S/C24H28N2O2S/c1-29(27,28)23-9-5-8-20(15-23)18-26-12-10-21(11-13-26)24-17-25-16-22(24)14-19-6-3-2-4-7-19/h2-9,15-16,21H,10-14,17-18H2,1H3. The molecule has 152 valence electrons. The highest BCUT2D eigenvalue weighted by Crippen LogP contribution is 2.31. The van der Waals surface area contributed by atoms with Crippen molar-refractivity contribution in [1.82, 2.24) is 4.90 Å². The van der Waals surface area contributed by atoms with Gasteiger partial charge in [-0.05, 0) is 72.7 Å². The van der Waals surface area contributed by atoms with E-state index < -0.39 is 9.84 Å². The van der Waals surface area contributed by atoms with E-state index >= 15 is 0 Å². The number of allylic oxidation sites excluding steroid dienone is 1. The summed E-state index contributed by atoms with van der Waals surface area (Å²) in [6.07, 6.45) is 6.59. The lowest BCUT2D eigenvalue weighted by atomic mass is 9.85. The van der Waals surface area contributed by atoms with Gasteiger partial charge in [0.15, 0.2) is 9.84 Å². The molecule has 0 N–H and O–H groups in total. The fourth-order valence-electron chi connectivity index (χ4n) is 4.38. The molecule has 29 heavy (non-hydrogen) atoms. The molecule has 4 rings (SSSR count). The van der Waals surface area contributed by atoms with Crippen molar-refractivity contribution in [2.75, 3.05) is 25.9 Å². The van der Waals surface area contributed by atoms with E-state index in [1.807, 2.05) is 18.2 Å². The monoisotopic (exact) mass is 408 g/mol. The molecule has 2 aliphatic heterocycles. The number of sulfone groups is 1. The second-order valence-corrected chi connectivity index (χ2v) is 10.2. The highest BCUT2D eigenvalue weighted by molar-refractivity contribution is 7.90. The molecule has 0 spiro atoms. The lowest BCUT2D eigenvalue weighted by Crippen LogP contribution is -2.34. The van der Waals surface area contributed by atoms with Crippen molar-refractivity contribution in [1.29, 1.82) is 0 Å². The van der Waals surface area contributed by atoms with Crippen molar-refractivity contribution in [3.05, 3.63) is 76.9 Å². The van der Waals surface area contributed by atoms with Gasteiger partial charge in [-0.2, -0.15) is 0 Å². The Morgan fingerprint density at radius 1 is 1.00 bits per heavy atom. The van der Waals surface area contributed by atoms with E-state index in [1.54, 1.807) is 6.07 Å². The zero-order chi connectivity index (χ0) is 20.3. The predicted octanol–water partition coefficient (Wildman–Crippen LogP) is 3.93. The summed E-state index contributed by atoms with van der Waals surface area (Å²) in [4.78, 5) is 7.41. The maximum atomic E-state index is 11.8. The number of rotatable bonds is 6. The summed E-state index contributed by atoms with van der Waals surface area (Å²) in [5.41, 5.74) is 5.33. The van der Waals surface area contributed by atoms with E-state index in [2.05, 4.69) is 46.4 Å². The third-order valence-electron chi connectivity index (χ3n) is 5.97. The maximum absolute atomic E-state index is 11.8. The van der Waals surface area contributed by atoms with Crippen LogP contribution in [-0.4, -0.2) is 45.4 Å². The number of hydrogen-bond donors (Lipinski definition) is 0. The summed E-state index contributed by atoms with van der Waals surface area (Å²) in [6, 6.07) is 18.0. The molecule has 1 saturated heterocycles. The lowest BCUT2D eigenvalue weighted by molar-refractivity contribution is 0.190. The first kappa shape index (κ1) is 20.0.